The lowest BCUT2D eigenvalue weighted by atomic mass is 10.1. The monoisotopic (exact) mass is 289 g/mol. The van der Waals surface area contributed by atoms with Crippen LogP contribution in [0, 0.1) is 11.7 Å². The van der Waals surface area contributed by atoms with Gasteiger partial charge in [-0.15, -0.1) is 0 Å². The molecule has 1 aromatic carbocycles. The van der Waals surface area contributed by atoms with Crippen LogP contribution < -0.4 is 10.1 Å². The number of nitrogens with zero attached hydrogens (tertiary/aromatic N) is 2. The molecule has 0 aliphatic heterocycles. The van der Waals surface area contributed by atoms with Gasteiger partial charge in [0.05, 0.1) is 7.11 Å². The second-order valence-corrected chi connectivity index (χ2v) is 5.27. The molecule has 0 saturated heterocycles. The van der Waals surface area contributed by atoms with Gasteiger partial charge in [0.2, 0.25) is 0 Å². The third-order valence-electron chi connectivity index (χ3n) is 3.06. The summed E-state index contributed by atoms with van der Waals surface area (Å²) in [6.07, 6.45) is 0.850. The van der Waals surface area contributed by atoms with Crippen LogP contribution in [0.15, 0.2) is 24.3 Å². The highest BCUT2D eigenvalue weighted by Gasteiger charge is 2.10. The third kappa shape index (κ3) is 3.68. The van der Waals surface area contributed by atoms with E-state index in [1.807, 2.05) is 6.07 Å². The lowest BCUT2D eigenvalue weighted by molar-refractivity contribution is 0.386. The van der Waals surface area contributed by atoms with Gasteiger partial charge in [0.1, 0.15) is 5.82 Å². The van der Waals surface area contributed by atoms with Gasteiger partial charge in [-0.3, -0.25) is 0 Å². The molecule has 0 saturated carbocycles. The Morgan fingerprint density at radius 1 is 1.24 bits per heavy atom. The summed E-state index contributed by atoms with van der Waals surface area (Å²) in [5, 5.41) is 3.02. The number of aromatic nitrogens is 2. The van der Waals surface area contributed by atoms with Crippen LogP contribution in [0.2, 0.25) is 0 Å². The van der Waals surface area contributed by atoms with Crippen molar-refractivity contribution in [1.29, 1.82) is 0 Å². The van der Waals surface area contributed by atoms with Crippen LogP contribution in [0.4, 0.5) is 10.2 Å². The smallest absolute Gasteiger partial charge is 0.165 e. The van der Waals surface area contributed by atoms with Gasteiger partial charge in [-0.2, -0.15) is 0 Å². The molecule has 0 radical (unpaired) electrons. The van der Waals surface area contributed by atoms with Crippen molar-refractivity contribution in [3.05, 3.63) is 35.8 Å². The van der Waals surface area contributed by atoms with E-state index in [2.05, 4.69) is 29.1 Å². The van der Waals surface area contributed by atoms with E-state index < -0.39 is 5.82 Å². The van der Waals surface area contributed by atoms with Crippen molar-refractivity contribution in [3.63, 3.8) is 0 Å². The minimum Gasteiger partial charge on any atom is -0.494 e. The highest BCUT2D eigenvalue weighted by atomic mass is 19.1. The SMILES string of the molecule is CNc1cc(CC(C)C)nc(-c2ccc(OC)c(F)c2)n1. The predicted octanol–water partition coefficient (Wildman–Crippen LogP) is 3.53. The maximum absolute atomic E-state index is 13.8. The lowest BCUT2D eigenvalue weighted by Gasteiger charge is -2.10. The zero-order valence-electron chi connectivity index (χ0n) is 12.8. The normalized spacial score (nSPS) is 10.8. The number of methoxy groups -OCH3 is 1. The van der Waals surface area contributed by atoms with Crippen LogP contribution in [0.1, 0.15) is 19.5 Å². The summed E-state index contributed by atoms with van der Waals surface area (Å²) < 4.78 is 18.8. The fourth-order valence-electron chi connectivity index (χ4n) is 2.08. The molecule has 0 aliphatic carbocycles. The maximum Gasteiger partial charge on any atom is 0.165 e. The zero-order valence-corrected chi connectivity index (χ0v) is 12.8. The zero-order chi connectivity index (χ0) is 15.4. The van der Waals surface area contributed by atoms with Crippen molar-refractivity contribution in [3.8, 4) is 17.1 Å². The summed E-state index contributed by atoms with van der Waals surface area (Å²) in [5.74, 6) is 1.53. The number of hydrogen-bond acceptors (Lipinski definition) is 4. The van der Waals surface area contributed by atoms with Gasteiger partial charge >= 0.3 is 0 Å². The molecule has 1 N–H and O–H groups in total. The molecule has 0 amide bonds. The summed E-state index contributed by atoms with van der Waals surface area (Å²) in [5.41, 5.74) is 1.57. The first kappa shape index (κ1) is 15.2. The van der Waals surface area contributed by atoms with Crippen LogP contribution in [0.5, 0.6) is 5.75 Å². The van der Waals surface area contributed by atoms with Gasteiger partial charge in [-0.05, 0) is 30.5 Å². The Kier molecular flexibility index (Phi) is 4.73. The van der Waals surface area contributed by atoms with E-state index in [-0.39, 0.29) is 5.75 Å². The van der Waals surface area contributed by atoms with Gasteiger partial charge in [0.15, 0.2) is 17.4 Å². The largest absolute Gasteiger partial charge is 0.494 e. The molecule has 112 valence electrons. The fraction of sp³-hybridized carbons (Fsp3) is 0.375. The molecule has 1 aromatic heterocycles. The van der Waals surface area contributed by atoms with Crippen LogP contribution in [-0.4, -0.2) is 24.1 Å². The number of hydrogen-bond donors (Lipinski definition) is 1. The fourth-order valence-corrected chi connectivity index (χ4v) is 2.08. The molecular formula is C16H20FN3O. The van der Waals surface area contributed by atoms with E-state index >= 15 is 0 Å². The Hall–Kier alpha value is -2.17. The van der Waals surface area contributed by atoms with Crippen LogP contribution in [0.25, 0.3) is 11.4 Å². The number of halogens is 1. The quantitative estimate of drug-likeness (QED) is 0.914. The van der Waals surface area contributed by atoms with Gasteiger partial charge in [-0.1, -0.05) is 13.8 Å². The summed E-state index contributed by atoms with van der Waals surface area (Å²) in [7, 11) is 3.25. The van der Waals surface area contributed by atoms with Gasteiger partial charge in [0, 0.05) is 24.4 Å². The topological polar surface area (TPSA) is 47.0 Å². The number of ether oxygens (including phenoxy) is 1. The molecule has 0 spiro atoms. The van der Waals surface area contributed by atoms with Crippen molar-refractivity contribution >= 4 is 5.82 Å². The van der Waals surface area contributed by atoms with Crippen molar-refractivity contribution in [2.24, 2.45) is 5.92 Å². The Balaban J connectivity index is 2.44. The van der Waals surface area contributed by atoms with E-state index in [4.69, 9.17) is 4.74 Å². The van der Waals surface area contributed by atoms with Gasteiger partial charge < -0.3 is 10.1 Å². The summed E-state index contributed by atoms with van der Waals surface area (Å²) in [6.45, 7) is 4.27. The number of anilines is 1. The second-order valence-electron chi connectivity index (χ2n) is 5.27. The molecule has 0 unspecified atom stereocenters. The van der Waals surface area contributed by atoms with Gasteiger partial charge in [-0.25, -0.2) is 14.4 Å². The standard InChI is InChI=1S/C16H20FN3O/c1-10(2)7-12-9-15(18-3)20-16(19-12)11-5-6-14(21-4)13(17)8-11/h5-6,8-10H,7H2,1-4H3,(H,18,19,20). The van der Waals surface area contributed by atoms with Crippen molar-refractivity contribution < 1.29 is 9.13 Å². The molecule has 2 rings (SSSR count). The highest BCUT2D eigenvalue weighted by Crippen LogP contribution is 2.24. The molecule has 2 aromatic rings. The Morgan fingerprint density at radius 2 is 2.00 bits per heavy atom. The first-order valence-corrected chi connectivity index (χ1v) is 6.93. The summed E-state index contributed by atoms with van der Waals surface area (Å²) in [6, 6.07) is 6.66. The van der Waals surface area contributed by atoms with Gasteiger partial charge in [0.25, 0.3) is 0 Å². The highest BCUT2D eigenvalue weighted by molar-refractivity contribution is 5.59. The van der Waals surface area contributed by atoms with Crippen LogP contribution in [-0.2, 0) is 6.42 Å². The third-order valence-corrected chi connectivity index (χ3v) is 3.06. The van der Waals surface area contributed by atoms with E-state index in [0.29, 0.717) is 17.3 Å². The first-order chi connectivity index (χ1) is 10.0. The molecule has 0 bridgehead atoms. The van der Waals surface area contributed by atoms with E-state index in [1.165, 1.54) is 13.2 Å². The van der Waals surface area contributed by atoms with Crippen LogP contribution >= 0.6 is 0 Å². The van der Waals surface area contributed by atoms with E-state index in [0.717, 1.165) is 17.9 Å². The van der Waals surface area contributed by atoms with Crippen molar-refractivity contribution in [1.82, 2.24) is 9.97 Å². The Morgan fingerprint density at radius 3 is 2.57 bits per heavy atom. The summed E-state index contributed by atoms with van der Waals surface area (Å²) >= 11 is 0. The molecule has 1 heterocycles. The average Bonchev–Trinajstić information content (AvgIpc) is 2.46. The predicted molar refractivity (Wildman–Crippen MR) is 82.1 cm³/mol. The molecule has 0 fully saturated rings. The lowest BCUT2D eigenvalue weighted by Crippen LogP contribution is -2.04. The molecular weight excluding hydrogens is 269 g/mol. The molecule has 0 aliphatic rings. The molecule has 0 atom stereocenters. The van der Waals surface area contributed by atoms with E-state index in [9.17, 15) is 4.39 Å². The minimum atomic E-state index is -0.418. The van der Waals surface area contributed by atoms with E-state index in [1.54, 1.807) is 19.2 Å². The molecule has 4 nitrogen and oxygen atoms in total. The molecule has 21 heavy (non-hydrogen) atoms. The maximum atomic E-state index is 13.8. The summed E-state index contributed by atoms with van der Waals surface area (Å²) in [4.78, 5) is 8.93. The number of benzene rings is 1. The minimum absolute atomic E-state index is 0.214. The van der Waals surface area contributed by atoms with Crippen molar-refractivity contribution in [2.75, 3.05) is 19.5 Å². The average molecular weight is 289 g/mol. The molecule has 5 heteroatoms. The second kappa shape index (κ2) is 6.52. The van der Waals surface area contributed by atoms with Crippen LogP contribution in [0.3, 0.4) is 0 Å². The number of rotatable bonds is 5. The first-order valence-electron chi connectivity index (χ1n) is 6.93. The van der Waals surface area contributed by atoms with Crippen molar-refractivity contribution in [2.45, 2.75) is 20.3 Å². The Bertz CT molecular complexity index is 629. The Labute approximate surface area is 124 Å². The number of nitrogens with one attached hydrogen (secondary N) is 1.